The minimum absolute atomic E-state index is 0.581. The van der Waals surface area contributed by atoms with E-state index in [0.717, 1.165) is 5.52 Å². The van der Waals surface area contributed by atoms with E-state index in [2.05, 4.69) is 42.2 Å². The van der Waals surface area contributed by atoms with Gasteiger partial charge < -0.3 is 0 Å². The van der Waals surface area contributed by atoms with E-state index in [4.69, 9.17) is 0 Å². The van der Waals surface area contributed by atoms with Gasteiger partial charge in [-0.25, -0.2) is 0 Å². The Hall–Kier alpha value is -1.31. The Balaban J connectivity index is 0.000000461. The molecular weight excluding hydrogens is 172 g/mol. The van der Waals surface area contributed by atoms with Gasteiger partial charge >= 0.3 is 0 Å². The summed E-state index contributed by atoms with van der Waals surface area (Å²) in [6.45, 7) is 8.38. The molecule has 2 aromatic rings. The van der Waals surface area contributed by atoms with Gasteiger partial charge in [0.25, 0.3) is 0 Å². The molecule has 1 aromatic heterocycles. The number of benzene rings is 1. The fraction of sp³-hybridized carbons (Fsp3) is 0.417. The third-order valence-electron chi connectivity index (χ3n) is 2.13. The van der Waals surface area contributed by atoms with E-state index in [1.807, 2.05) is 20.0 Å². The Morgan fingerprint density at radius 2 is 1.93 bits per heavy atom. The molecule has 0 amide bonds. The molecule has 0 aliphatic carbocycles. The Morgan fingerprint density at radius 3 is 2.57 bits per heavy atom. The number of aromatic nitrogens is 2. The maximum absolute atomic E-state index is 3.98. The van der Waals surface area contributed by atoms with Crippen molar-refractivity contribution in [1.82, 2.24) is 10.2 Å². The summed E-state index contributed by atoms with van der Waals surface area (Å²) in [6, 6.07) is 6.42. The van der Waals surface area contributed by atoms with Crippen molar-refractivity contribution in [2.45, 2.75) is 33.6 Å². The van der Waals surface area contributed by atoms with Crippen LogP contribution in [0.3, 0.4) is 0 Å². The van der Waals surface area contributed by atoms with Crippen molar-refractivity contribution in [3.63, 3.8) is 0 Å². The van der Waals surface area contributed by atoms with E-state index in [1.165, 1.54) is 10.9 Å². The lowest BCUT2D eigenvalue weighted by atomic mass is 10.0. The van der Waals surface area contributed by atoms with Crippen LogP contribution in [0.25, 0.3) is 10.9 Å². The van der Waals surface area contributed by atoms with Gasteiger partial charge in [0.05, 0.1) is 11.7 Å². The van der Waals surface area contributed by atoms with Gasteiger partial charge in [-0.2, -0.15) is 5.10 Å². The molecule has 0 aliphatic heterocycles. The zero-order valence-corrected chi connectivity index (χ0v) is 9.33. The zero-order chi connectivity index (χ0) is 10.6. The van der Waals surface area contributed by atoms with Crippen LogP contribution in [-0.4, -0.2) is 10.2 Å². The van der Waals surface area contributed by atoms with Gasteiger partial charge in [-0.3, -0.25) is 5.10 Å². The molecule has 76 valence electrons. The van der Waals surface area contributed by atoms with Crippen molar-refractivity contribution < 1.29 is 0 Å². The highest BCUT2D eigenvalue weighted by molar-refractivity contribution is 5.78. The van der Waals surface area contributed by atoms with Crippen molar-refractivity contribution in [1.29, 1.82) is 0 Å². The fourth-order valence-electron chi connectivity index (χ4n) is 1.31. The molecule has 2 heteroatoms. The van der Waals surface area contributed by atoms with Crippen molar-refractivity contribution in [2.24, 2.45) is 0 Å². The van der Waals surface area contributed by atoms with Crippen LogP contribution >= 0.6 is 0 Å². The first-order valence-electron chi connectivity index (χ1n) is 5.20. The number of H-pyrrole nitrogens is 1. The second kappa shape index (κ2) is 4.80. The SMILES string of the molecule is CC.CC(C)c1ccc2cn[nH]c2c1. The number of fused-ring (bicyclic) bond motifs is 1. The number of nitrogens with one attached hydrogen (secondary N) is 1. The minimum atomic E-state index is 0.581. The summed E-state index contributed by atoms with van der Waals surface area (Å²) in [6.07, 6.45) is 1.85. The highest BCUT2D eigenvalue weighted by atomic mass is 15.1. The minimum Gasteiger partial charge on any atom is -0.278 e. The molecule has 0 atom stereocenters. The maximum Gasteiger partial charge on any atom is 0.0653 e. The predicted molar refractivity (Wildman–Crippen MR) is 61.5 cm³/mol. The average Bonchev–Trinajstić information content (AvgIpc) is 2.67. The van der Waals surface area contributed by atoms with Gasteiger partial charge in [0, 0.05) is 5.39 Å². The van der Waals surface area contributed by atoms with Crippen LogP contribution in [0.15, 0.2) is 24.4 Å². The monoisotopic (exact) mass is 190 g/mol. The van der Waals surface area contributed by atoms with E-state index >= 15 is 0 Å². The lowest BCUT2D eigenvalue weighted by Crippen LogP contribution is -1.85. The Bertz CT molecular complexity index is 388. The predicted octanol–water partition coefficient (Wildman–Crippen LogP) is 3.71. The van der Waals surface area contributed by atoms with Gasteiger partial charge in [-0.1, -0.05) is 39.8 Å². The second-order valence-electron chi connectivity index (χ2n) is 3.37. The first-order chi connectivity index (χ1) is 6.77. The molecule has 1 aromatic carbocycles. The zero-order valence-electron chi connectivity index (χ0n) is 9.33. The summed E-state index contributed by atoms with van der Waals surface area (Å²) >= 11 is 0. The first kappa shape index (κ1) is 10.8. The summed E-state index contributed by atoms with van der Waals surface area (Å²) < 4.78 is 0. The molecule has 2 rings (SSSR count). The van der Waals surface area contributed by atoms with E-state index in [9.17, 15) is 0 Å². The molecule has 0 saturated carbocycles. The molecule has 0 radical (unpaired) electrons. The molecule has 0 aliphatic rings. The highest BCUT2D eigenvalue weighted by Crippen LogP contribution is 2.18. The Labute approximate surface area is 85.3 Å². The van der Waals surface area contributed by atoms with E-state index in [0.29, 0.717) is 5.92 Å². The van der Waals surface area contributed by atoms with Crippen LogP contribution in [0.5, 0.6) is 0 Å². The highest BCUT2D eigenvalue weighted by Gasteiger charge is 2.00. The summed E-state index contributed by atoms with van der Waals surface area (Å²) in [5.74, 6) is 0.581. The van der Waals surface area contributed by atoms with E-state index in [1.54, 1.807) is 0 Å². The van der Waals surface area contributed by atoms with Crippen LogP contribution in [-0.2, 0) is 0 Å². The van der Waals surface area contributed by atoms with Crippen molar-refractivity contribution in [3.05, 3.63) is 30.0 Å². The van der Waals surface area contributed by atoms with Gasteiger partial charge in [-0.05, 0) is 17.5 Å². The average molecular weight is 190 g/mol. The Morgan fingerprint density at radius 1 is 1.21 bits per heavy atom. The molecule has 0 fully saturated rings. The third-order valence-corrected chi connectivity index (χ3v) is 2.13. The summed E-state index contributed by atoms with van der Waals surface area (Å²) in [5.41, 5.74) is 2.48. The summed E-state index contributed by atoms with van der Waals surface area (Å²) in [5, 5.41) is 8.12. The molecule has 0 bridgehead atoms. The smallest absolute Gasteiger partial charge is 0.0653 e. The first-order valence-corrected chi connectivity index (χ1v) is 5.20. The standard InChI is InChI=1S/C10H12N2.C2H6/c1-7(2)8-3-4-9-6-11-12-10(9)5-8;1-2/h3-7H,1-2H3,(H,11,12);1-2H3. The lowest BCUT2D eigenvalue weighted by Gasteiger charge is -2.03. The lowest BCUT2D eigenvalue weighted by molar-refractivity contribution is 0.868. The molecule has 2 nitrogen and oxygen atoms in total. The topological polar surface area (TPSA) is 28.7 Å². The molecular formula is C12H18N2. The Kier molecular flexibility index (Phi) is 3.69. The van der Waals surface area contributed by atoms with Crippen LogP contribution in [0.2, 0.25) is 0 Å². The quantitative estimate of drug-likeness (QED) is 0.729. The molecule has 14 heavy (non-hydrogen) atoms. The van der Waals surface area contributed by atoms with Gasteiger partial charge in [-0.15, -0.1) is 0 Å². The largest absolute Gasteiger partial charge is 0.278 e. The van der Waals surface area contributed by atoms with Crippen LogP contribution < -0.4 is 0 Å². The van der Waals surface area contributed by atoms with Crippen LogP contribution in [0, 0.1) is 0 Å². The maximum atomic E-state index is 3.98. The van der Waals surface area contributed by atoms with Gasteiger partial charge in [0.2, 0.25) is 0 Å². The number of aromatic amines is 1. The van der Waals surface area contributed by atoms with Gasteiger partial charge in [0.1, 0.15) is 0 Å². The van der Waals surface area contributed by atoms with Crippen molar-refractivity contribution >= 4 is 10.9 Å². The summed E-state index contributed by atoms with van der Waals surface area (Å²) in [7, 11) is 0. The number of hydrogen-bond donors (Lipinski definition) is 1. The molecule has 0 unspecified atom stereocenters. The van der Waals surface area contributed by atoms with Gasteiger partial charge in [0.15, 0.2) is 0 Å². The third kappa shape index (κ3) is 2.13. The molecule has 1 heterocycles. The van der Waals surface area contributed by atoms with Crippen LogP contribution in [0.1, 0.15) is 39.2 Å². The normalized spacial score (nSPS) is 10.1. The molecule has 0 spiro atoms. The van der Waals surface area contributed by atoms with Crippen molar-refractivity contribution in [3.8, 4) is 0 Å². The van der Waals surface area contributed by atoms with Crippen molar-refractivity contribution in [2.75, 3.05) is 0 Å². The number of nitrogens with zero attached hydrogens (tertiary/aromatic N) is 1. The van der Waals surface area contributed by atoms with E-state index < -0.39 is 0 Å². The molecule has 0 saturated heterocycles. The second-order valence-corrected chi connectivity index (χ2v) is 3.37. The number of rotatable bonds is 1. The van der Waals surface area contributed by atoms with E-state index in [-0.39, 0.29) is 0 Å². The fourth-order valence-corrected chi connectivity index (χ4v) is 1.31. The summed E-state index contributed by atoms with van der Waals surface area (Å²) in [4.78, 5) is 0. The van der Waals surface area contributed by atoms with Crippen LogP contribution in [0.4, 0.5) is 0 Å². The number of hydrogen-bond acceptors (Lipinski definition) is 1. The molecule has 1 N–H and O–H groups in total.